The molecule has 0 heterocycles. The molecular formula is C8H11N3O2. The fourth-order valence-electron chi connectivity index (χ4n) is 0.510. The van der Waals surface area contributed by atoms with E-state index in [2.05, 4.69) is 16.9 Å². The second kappa shape index (κ2) is 5.70. The summed E-state index contributed by atoms with van der Waals surface area (Å²) in [5, 5.41) is 2.46. The van der Waals surface area contributed by atoms with Gasteiger partial charge < -0.3 is 11.1 Å². The Labute approximate surface area is 76.0 Å². The van der Waals surface area contributed by atoms with Gasteiger partial charge in [-0.1, -0.05) is 6.58 Å². The van der Waals surface area contributed by atoms with Crippen LogP contribution in [-0.2, 0) is 4.79 Å². The molecule has 5 nitrogen and oxygen atoms in total. The normalized spacial score (nSPS) is 11.3. The second-order valence-electron chi connectivity index (χ2n) is 2.16. The third-order valence-corrected chi connectivity index (χ3v) is 1.03. The summed E-state index contributed by atoms with van der Waals surface area (Å²) >= 11 is 0. The number of hydrogen-bond acceptors (Lipinski definition) is 2. The third-order valence-electron chi connectivity index (χ3n) is 1.03. The van der Waals surface area contributed by atoms with Gasteiger partial charge in [0.1, 0.15) is 0 Å². The van der Waals surface area contributed by atoms with E-state index >= 15 is 0 Å². The molecule has 0 spiro atoms. The van der Waals surface area contributed by atoms with Gasteiger partial charge in [0.05, 0.1) is 0 Å². The summed E-state index contributed by atoms with van der Waals surface area (Å²) in [7, 11) is 0. The number of amides is 3. The molecule has 0 aliphatic carbocycles. The number of nitrogens with one attached hydrogen (secondary N) is 1. The van der Waals surface area contributed by atoms with Gasteiger partial charge in [0.2, 0.25) is 5.91 Å². The number of nitrogens with zero attached hydrogens (tertiary/aromatic N) is 1. The molecule has 0 aliphatic rings. The summed E-state index contributed by atoms with van der Waals surface area (Å²) in [5.74, 6) is -0.318. The number of rotatable bonds is 3. The zero-order valence-corrected chi connectivity index (χ0v) is 7.28. The van der Waals surface area contributed by atoms with Crippen molar-refractivity contribution in [3.8, 4) is 0 Å². The third kappa shape index (κ3) is 6.49. The van der Waals surface area contributed by atoms with Crippen molar-refractivity contribution in [2.45, 2.75) is 6.92 Å². The van der Waals surface area contributed by atoms with Crippen LogP contribution in [0.4, 0.5) is 4.79 Å². The Hall–Kier alpha value is -1.91. The maximum atomic E-state index is 10.7. The summed E-state index contributed by atoms with van der Waals surface area (Å²) in [6.45, 7) is 4.92. The molecule has 70 valence electrons. The number of allylic oxidation sites excluding steroid dienone is 2. The van der Waals surface area contributed by atoms with Crippen molar-refractivity contribution < 1.29 is 9.59 Å². The lowest BCUT2D eigenvalue weighted by atomic mass is 10.4. The van der Waals surface area contributed by atoms with Crippen molar-refractivity contribution in [2.24, 2.45) is 10.7 Å². The van der Waals surface area contributed by atoms with Gasteiger partial charge in [0, 0.05) is 11.9 Å². The van der Waals surface area contributed by atoms with Crippen LogP contribution in [0.2, 0.25) is 0 Å². The fraction of sp³-hybridized carbons (Fsp3) is 0.125. The first-order chi connectivity index (χ1) is 6.06. The van der Waals surface area contributed by atoms with Crippen molar-refractivity contribution in [1.82, 2.24) is 5.32 Å². The van der Waals surface area contributed by atoms with E-state index in [1.165, 1.54) is 12.3 Å². The van der Waals surface area contributed by atoms with Crippen molar-refractivity contribution in [2.75, 3.05) is 0 Å². The van der Waals surface area contributed by atoms with Gasteiger partial charge in [-0.05, 0) is 19.1 Å². The highest BCUT2D eigenvalue weighted by molar-refractivity contribution is 5.90. The predicted molar refractivity (Wildman–Crippen MR) is 50.2 cm³/mol. The molecule has 0 bridgehead atoms. The number of urea groups is 1. The van der Waals surface area contributed by atoms with E-state index in [0.717, 1.165) is 6.08 Å². The van der Waals surface area contributed by atoms with E-state index in [-0.39, 0.29) is 5.91 Å². The van der Waals surface area contributed by atoms with Crippen LogP contribution in [0.15, 0.2) is 29.4 Å². The molecule has 0 fully saturated rings. The maximum absolute atomic E-state index is 10.7. The molecule has 0 aromatic rings. The first-order valence-electron chi connectivity index (χ1n) is 3.50. The Morgan fingerprint density at radius 2 is 2.15 bits per heavy atom. The molecule has 3 amide bonds. The summed E-state index contributed by atoms with van der Waals surface area (Å²) < 4.78 is 0. The predicted octanol–water partition coefficient (Wildman–Crippen LogP) is 0.342. The molecule has 0 atom stereocenters. The van der Waals surface area contributed by atoms with Crippen molar-refractivity contribution in [3.63, 3.8) is 0 Å². The summed E-state index contributed by atoms with van der Waals surface area (Å²) in [5.41, 5.74) is 5.29. The van der Waals surface area contributed by atoms with Gasteiger partial charge in [-0.2, -0.15) is 0 Å². The molecule has 3 N–H and O–H groups in total. The molecule has 0 radical (unpaired) electrons. The molecule has 0 saturated carbocycles. The minimum absolute atomic E-state index is 0.318. The lowest BCUT2D eigenvalue weighted by Gasteiger charge is -1.98. The summed E-state index contributed by atoms with van der Waals surface area (Å²) in [6, 6.07) is -0.779. The van der Waals surface area contributed by atoms with Crippen LogP contribution < -0.4 is 11.1 Å². The molecule has 0 aromatic carbocycles. The van der Waals surface area contributed by atoms with Gasteiger partial charge in [0.15, 0.2) is 0 Å². The van der Waals surface area contributed by atoms with Crippen molar-refractivity contribution in [3.05, 3.63) is 24.4 Å². The Balaban J connectivity index is 4.10. The quantitative estimate of drug-likeness (QED) is 0.486. The first-order valence-corrected chi connectivity index (χ1v) is 3.50. The van der Waals surface area contributed by atoms with Gasteiger partial charge >= 0.3 is 6.03 Å². The standard InChI is InChI=1S/C8H11N3O2/c1-3-7(12)11-6(2)4-5-10-8(9)13/h3-5H,1H2,2H3,(H2,9,13)(H,11,12). The topological polar surface area (TPSA) is 84.6 Å². The van der Waals surface area contributed by atoms with E-state index in [0.29, 0.717) is 5.70 Å². The average molecular weight is 181 g/mol. The SMILES string of the molecule is C=CC(=O)NC(C)=CC=NC(N)=O. The number of hydrogen-bond donors (Lipinski definition) is 2. The fourth-order valence-corrected chi connectivity index (χ4v) is 0.510. The highest BCUT2D eigenvalue weighted by Gasteiger charge is 1.92. The number of carbonyl (C=O) groups excluding carboxylic acids is 2. The Bertz CT molecular complexity index is 279. The van der Waals surface area contributed by atoms with Gasteiger partial charge in [-0.15, -0.1) is 0 Å². The molecule has 0 saturated heterocycles. The van der Waals surface area contributed by atoms with Gasteiger partial charge in [0.25, 0.3) is 0 Å². The smallest absolute Gasteiger partial charge is 0.338 e. The minimum Gasteiger partial charge on any atom is -0.350 e. The Kier molecular flexibility index (Phi) is 4.87. The molecule has 0 aliphatic heterocycles. The minimum atomic E-state index is -0.779. The van der Waals surface area contributed by atoms with Crippen LogP contribution >= 0.6 is 0 Å². The molecule has 0 unspecified atom stereocenters. The van der Waals surface area contributed by atoms with Crippen LogP contribution in [0.5, 0.6) is 0 Å². The van der Waals surface area contributed by atoms with Crippen LogP contribution in [0.1, 0.15) is 6.92 Å². The molecule has 5 heteroatoms. The number of carbonyl (C=O) groups is 2. The highest BCUT2D eigenvalue weighted by atomic mass is 16.2. The first kappa shape index (κ1) is 11.1. The zero-order chi connectivity index (χ0) is 10.3. The zero-order valence-electron chi connectivity index (χ0n) is 7.28. The van der Waals surface area contributed by atoms with Gasteiger partial charge in [-0.3, -0.25) is 4.79 Å². The Morgan fingerprint density at radius 1 is 1.54 bits per heavy atom. The van der Waals surface area contributed by atoms with Crippen LogP contribution in [0.3, 0.4) is 0 Å². The van der Waals surface area contributed by atoms with E-state index in [1.807, 2.05) is 0 Å². The lowest BCUT2D eigenvalue weighted by Crippen LogP contribution is -2.18. The summed E-state index contributed by atoms with van der Waals surface area (Å²) in [4.78, 5) is 24.1. The van der Waals surface area contributed by atoms with Gasteiger partial charge in [-0.25, -0.2) is 9.79 Å². The lowest BCUT2D eigenvalue weighted by molar-refractivity contribution is -0.115. The number of nitrogens with two attached hydrogens (primary N) is 1. The largest absolute Gasteiger partial charge is 0.350 e. The van der Waals surface area contributed by atoms with Crippen molar-refractivity contribution >= 4 is 18.2 Å². The van der Waals surface area contributed by atoms with Crippen LogP contribution in [0, 0.1) is 0 Å². The highest BCUT2D eigenvalue weighted by Crippen LogP contribution is 1.84. The number of aliphatic imine (C=N–C) groups is 1. The van der Waals surface area contributed by atoms with Crippen molar-refractivity contribution in [1.29, 1.82) is 0 Å². The number of primary amides is 1. The summed E-state index contributed by atoms with van der Waals surface area (Å²) in [6.07, 6.45) is 3.80. The average Bonchev–Trinajstić information content (AvgIpc) is 2.03. The second-order valence-corrected chi connectivity index (χ2v) is 2.16. The molecular weight excluding hydrogens is 170 g/mol. The van der Waals surface area contributed by atoms with E-state index in [4.69, 9.17) is 5.73 Å². The van der Waals surface area contributed by atoms with E-state index in [9.17, 15) is 9.59 Å². The molecule has 0 aromatic heterocycles. The molecule has 13 heavy (non-hydrogen) atoms. The molecule has 0 rings (SSSR count). The van der Waals surface area contributed by atoms with E-state index in [1.54, 1.807) is 6.92 Å². The van der Waals surface area contributed by atoms with Crippen LogP contribution in [0.25, 0.3) is 0 Å². The maximum Gasteiger partial charge on any atom is 0.338 e. The Morgan fingerprint density at radius 3 is 2.62 bits per heavy atom. The van der Waals surface area contributed by atoms with E-state index < -0.39 is 6.03 Å². The monoisotopic (exact) mass is 181 g/mol. The van der Waals surface area contributed by atoms with Crippen LogP contribution in [-0.4, -0.2) is 18.2 Å².